The average molecular weight is 294 g/mol. The zero-order valence-corrected chi connectivity index (χ0v) is 12.7. The van der Waals surface area contributed by atoms with Gasteiger partial charge in [0.25, 0.3) is 0 Å². The molecule has 2 aromatic rings. The fourth-order valence-electron chi connectivity index (χ4n) is 1.32. The first-order valence-electron chi connectivity index (χ1n) is 5.88. The van der Waals surface area contributed by atoms with Crippen molar-refractivity contribution in [2.75, 3.05) is 0 Å². The Bertz CT molecular complexity index is 650. The topological polar surface area (TPSA) is 57.2 Å². The van der Waals surface area contributed by atoms with Crippen LogP contribution in [0.2, 0.25) is 0 Å². The molecule has 0 atom stereocenters. The van der Waals surface area contributed by atoms with E-state index in [1.165, 1.54) is 11.6 Å². The molecule has 0 aliphatic rings. The normalized spacial score (nSPS) is 10.1. The van der Waals surface area contributed by atoms with Crippen LogP contribution < -0.4 is 18.9 Å². The van der Waals surface area contributed by atoms with Crippen LogP contribution in [-0.2, 0) is 10.1 Å². The first kappa shape index (κ1) is 19.4. The summed E-state index contributed by atoms with van der Waals surface area (Å²) in [6, 6.07) is 18.8. The molecule has 21 heavy (non-hydrogen) atoms. The molecule has 0 aliphatic heterocycles. The predicted octanol–water partition coefficient (Wildman–Crippen LogP) is 0.536. The van der Waals surface area contributed by atoms with Gasteiger partial charge < -0.3 is 4.55 Å². The van der Waals surface area contributed by atoms with E-state index in [-0.39, 0.29) is 18.9 Å². The van der Waals surface area contributed by atoms with E-state index in [4.69, 9.17) is 0 Å². The molecule has 5 heteroatoms. The van der Waals surface area contributed by atoms with Crippen molar-refractivity contribution in [3.8, 4) is 0 Å². The molecule has 0 bridgehead atoms. The van der Waals surface area contributed by atoms with Crippen LogP contribution in [0.15, 0.2) is 72.7 Å². The van der Waals surface area contributed by atoms with Crippen LogP contribution in [0.5, 0.6) is 0 Å². The minimum atomic E-state index is -4.25. The number of benzene rings is 2. The summed E-state index contributed by atoms with van der Waals surface area (Å²) in [4.78, 5) is 0. The molecule has 0 spiro atoms. The standard InChI is InChI=1S/C8H8O3S.C8H8.Li/c9-12(10,11)7-6-8-4-2-1-3-5-8;1-2-8-6-4-3-5-7-8;/h1-7H,(H,9,10,11);2-7H,1H2;/q;;+1/p-1. The van der Waals surface area contributed by atoms with Gasteiger partial charge in [-0.3, -0.25) is 0 Å². The SMILES string of the molecule is C=Cc1ccccc1.O=S(=O)([O-])C=Cc1ccccc1.[Li+]. The maximum Gasteiger partial charge on any atom is 1.00 e. The molecule has 0 unspecified atom stereocenters. The fraction of sp³-hybridized carbons (Fsp3) is 0. The number of rotatable bonds is 3. The Labute approximate surface area is 138 Å². The molecule has 104 valence electrons. The molecule has 0 aromatic heterocycles. The largest absolute Gasteiger partial charge is 1.00 e. The zero-order valence-electron chi connectivity index (χ0n) is 11.8. The second kappa shape index (κ2) is 10.2. The molecule has 0 aliphatic carbocycles. The van der Waals surface area contributed by atoms with Gasteiger partial charge in [0.1, 0.15) is 10.1 Å². The van der Waals surface area contributed by atoms with E-state index < -0.39 is 10.1 Å². The first-order valence-corrected chi connectivity index (χ1v) is 7.35. The molecule has 3 nitrogen and oxygen atoms in total. The van der Waals surface area contributed by atoms with Crippen molar-refractivity contribution < 1.29 is 31.8 Å². The van der Waals surface area contributed by atoms with Gasteiger partial charge in [0, 0.05) is 5.41 Å². The summed E-state index contributed by atoms with van der Waals surface area (Å²) < 4.78 is 30.5. The van der Waals surface area contributed by atoms with Gasteiger partial charge >= 0.3 is 18.9 Å². The summed E-state index contributed by atoms with van der Waals surface area (Å²) in [5.74, 6) is 0. The Hall–Kier alpha value is -1.57. The van der Waals surface area contributed by atoms with Gasteiger partial charge in [-0.15, -0.1) is 0 Å². The second-order valence-corrected chi connectivity index (χ2v) is 5.08. The van der Waals surface area contributed by atoms with E-state index in [9.17, 15) is 13.0 Å². The maximum absolute atomic E-state index is 10.2. The molecule has 0 radical (unpaired) electrons. The molecule has 0 heterocycles. The third-order valence-electron chi connectivity index (χ3n) is 2.26. The Balaban J connectivity index is 0.000000390. The minimum Gasteiger partial charge on any atom is -0.744 e. The van der Waals surface area contributed by atoms with Gasteiger partial charge in [0.05, 0.1) is 0 Å². The van der Waals surface area contributed by atoms with Crippen LogP contribution in [0.1, 0.15) is 11.1 Å². The minimum absolute atomic E-state index is 0. The summed E-state index contributed by atoms with van der Waals surface area (Å²) in [5.41, 5.74) is 1.87. The molecule has 2 rings (SSSR count). The molecule has 0 fully saturated rings. The van der Waals surface area contributed by atoms with E-state index in [1.54, 1.807) is 24.3 Å². The summed E-state index contributed by atoms with van der Waals surface area (Å²) in [6.45, 7) is 3.63. The van der Waals surface area contributed by atoms with E-state index in [0.717, 1.165) is 0 Å². The molecule has 0 N–H and O–H groups in total. The molecule has 2 aromatic carbocycles. The second-order valence-electron chi connectivity index (χ2n) is 3.82. The van der Waals surface area contributed by atoms with Crippen molar-refractivity contribution >= 4 is 22.3 Å². The van der Waals surface area contributed by atoms with Gasteiger partial charge in [0.2, 0.25) is 0 Å². The number of hydrogen-bond donors (Lipinski definition) is 0. The molecule has 0 saturated carbocycles. The van der Waals surface area contributed by atoms with E-state index in [1.807, 2.05) is 42.5 Å². The van der Waals surface area contributed by atoms with Crippen molar-refractivity contribution in [1.29, 1.82) is 0 Å². The van der Waals surface area contributed by atoms with Crippen molar-refractivity contribution in [3.05, 3.63) is 83.8 Å². The Morgan fingerprint density at radius 3 is 1.62 bits per heavy atom. The Morgan fingerprint density at radius 1 is 0.857 bits per heavy atom. The van der Waals surface area contributed by atoms with Crippen LogP contribution in [0.4, 0.5) is 0 Å². The average Bonchev–Trinajstić information content (AvgIpc) is 2.47. The predicted molar refractivity (Wildman–Crippen MR) is 81.7 cm³/mol. The van der Waals surface area contributed by atoms with Crippen LogP contribution >= 0.6 is 0 Å². The monoisotopic (exact) mass is 294 g/mol. The van der Waals surface area contributed by atoms with E-state index in [0.29, 0.717) is 11.0 Å². The fourth-order valence-corrected chi connectivity index (χ4v) is 1.64. The quantitative estimate of drug-likeness (QED) is 0.613. The van der Waals surface area contributed by atoms with E-state index in [2.05, 4.69) is 6.58 Å². The van der Waals surface area contributed by atoms with Gasteiger partial charge in [-0.25, -0.2) is 8.42 Å². The molecule has 0 amide bonds. The molecular formula is C16H15LiO3S. The van der Waals surface area contributed by atoms with Crippen molar-refractivity contribution in [2.45, 2.75) is 0 Å². The van der Waals surface area contributed by atoms with Gasteiger partial charge in [0.15, 0.2) is 0 Å². The Kier molecular flexibility index (Phi) is 9.43. The van der Waals surface area contributed by atoms with Crippen molar-refractivity contribution in [3.63, 3.8) is 0 Å². The van der Waals surface area contributed by atoms with Crippen molar-refractivity contribution in [2.24, 2.45) is 0 Å². The smallest absolute Gasteiger partial charge is 0.744 e. The van der Waals surface area contributed by atoms with Crippen LogP contribution in [0.25, 0.3) is 12.2 Å². The summed E-state index contributed by atoms with van der Waals surface area (Å²) in [6.07, 6.45) is 3.10. The van der Waals surface area contributed by atoms with Gasteiger partial charge in [-0.05, 0) is 17.2 Å². The van der Waals surface area contributed by atoms with E-state index >= 15 is 0 Å². The van der Waals surface area contributed by atoms with Crippen LogP contribution in [-0.4, -0.2) is 13.0 Å². The van der Waals surface area contributed by atoms with Crippen LogP contribution in [0, 0.1) is 0 Å². The van der Waals surface area contributed by atoms with Gasteiger partial charge in [-0.2, -0.15) is 0 Å². The van der Waals surface area contributed by atoms with Gasteiger partial charge in [-0.1, -0.05) is 73.3 Å². The molecular weight excluding hydrogens is 279 g/mol. The number of hydrogen-bond acceptors (Lipinski definition) is 3. The maximum atomic E-state index is 10.2. The first-order chi connectivity index (χ1) is 9.51. The summed E-state index contributed by atoms with van der Waals surface area (Å²) >= 11 is 0. The third kappa shape index (κ3) is 9.89. The summed E-state index contributed by atoms with van der Waals surface area (Å²) in [7, 11) is -4.25. The zero-order chi connectivity index (χ0) is 14.8. The summed E-state index contributed by atoms with van der Waals surface area (Å²) in [5, 5.41) is 0.641. The Morgan fingerprint density at radius 2 is 1.29 bits per heavy atom. The molecule has 0 saturated heterocycles. The van der Waals surface area contributed by atoms with Crippen LogP contribution in [0.3, 0.4) is 0 Å². The third-order valence-corrected chi connectivity index (χ3v) is 2.73. The van der Waals surface area contributed by atoms with Crippen molar-refractivity contribution in [1.82, 2.24) is 0 Å².